The summed E-state index contributed by atoms with van der Waals surface area (Å²) >= 11 is 0. The Morgan fingerprint density at radius 1 is 0.900 bits per heavy atom. The van der Waals surface area contributed by atoms with E-state index in [4.69, 9.17) is 4.98 Å². The van der Waals surface area contributed by atoms with E-state index in [0.29, 0.717) is 5.78 Å². The molecule has 1 aromatic heterocycles. The number of Topliss-reactive ketones (excluding diaryl/α,β-unsaturated/α-hetero) is 1. The van der Waals surface area contributed by atoms with Crippen molar-refractivity contribution in [3.8, 4) is 0 Å². The molecule has 0 saturated heterocycles. The number of benzene rings is 2. The Labute approximate surface area is 117 Å². The van der Waals surface area contributed by atoms with Crippen LogP contribution in [-0.2, 0) is 4.79 Å². The largest absolute Gasteiger partial charge is 0.299 e. The number of fused-ring (bicyclic) bond motifs is 2. The summed E-state index contributed by atoms with van der Waals surface area (Å²) in [6.45, 7) is 0. The number of para-hydroxylation sites is 2. The Morgan fingerprint density at radius 2 is 1.50 bits per heavy atom. The number of ketones is 1. The molecule has 98 valence electrons. The van der Waals surface area contributed by atoms with Gasteiger partial charge in [0.15, 0.2) is 0 Å². The highest BCUT2D eigenvalue weighted by Crippen LogP contribution is 2.38. The van der Waals surface area contributed by atoms with Gasteiger partial charge in [-0.1, -0.05) is 36.4 Å². The summed E-state index contributed by atoms with van der Waals surface area (Å²) in [5, 5.41) is 2.26. The van der Waals surface area contributed by atoms with Gasteiger partial charge in [-0.15, -0.1) is 0 Å². The third-order valence-corrected chi connectivity index (χ3v) is 4.28. The first kappa shape index (κ1) is 11.6. The van der Waals surface area contributed by atoms with E-state index >= 15 is 0 Å². The van der Waals surface area contributed by atoms with Crippen molar-refractivity contribution in [3.63, 3.8) is 0 Å². The molecule has 1 fully saturated rings. The molecule has 2 heteroatoms. The number of hydrogen-bond donors (Lipinski definition) is 0. The lowest BCUT2D eigenvalue weighted by Crippen LogP contribution is -2.06. The Kier molecular flexibility index (Phi) is 2.56. The van der Waals surface area contributed by atoms with E-state index in [2.05, 4.69) is 12.1 Å². The van der Waals surface area contributed by atoms with E-state index in [9.17, 15) is 4.79 Å². The van der Waals surface area contributed by atoms with E-state index in [-0.39, 0.29) is 5.92 Å². The van der Waals surface area contributed by atoms with Crippen LogP contribution in [0.2, 0.25) is 0 Å². The van der Waals surface area contributed by atoms with Crippen LogP contribution in [0.3, 0.4) is 0 Å². The zero-order valence-electron chi connectivity index (χ0n) is 11.2. The smallest absolute Gasteiger partial charge is 0.140 e. The monoisotopic (exact) mass is 261 g/mol. The molecule has 0 spiro atoms. The lowest BCUT2D eigenvalue weighted by atomic mass is 9.90. The van der Waals surface area contributed by atoms with Crippen LogP contribution in [0.1, 0.15) is 30.7 Å². The summed E-state index contributed by atoms with van der Waals surface area (Å²) in [5.74, 6) is 0.430. The molecule has 1 heterocycles. The van der Waals surface area contributed by atoms with Crippen molar-refractivity contribution < 1.29 is 4.79 Å². The number of carbonyl (C=O) groups is 1. The maximum absolute atomic E-state index is 12.2. The molecule has 1 atom stereocenters. The van der Waals surface area contributed by atoms with Crippen molar-refractivity contribution in [1.82, 2.24) is 4.98 Å². The van der Waals surface area contributed by atoms with Gasteiger partial charge in [-0.2, -0.15) is 0 Å². The fourth-order valence-electron chi connectivity index (χ4n) is 3.37. The van der Waals surface area contributed by atoms with Crippen molar-refractivity contribution in [2.75, 3.05) is 0 Å². The fourth-order valence-corrected chi connectivity index (χ4v) is 3.37. The van der Waals surface area contributed by atoms with Crippen molar-refractivity contribution in [1.29, 1.82) is 0 Å². The molecule has 0 aliphatic heterocycles. The van der Waals surface area contributed by atoms with Crippen molar-refractivity contribution >= 4 is 27.6 Å². The van der Waals surface area contributed by atoms with E-state index in [1.54, 1.807) is 0 Å². The second kappa shape index (κ2) is 4.41. The molecule has 0 N–H and O–H groups in total. The molecular formula is C18H15NO. The molecule has 0 amide bonds. The highest BCUT2D eigenvalue weighted by molar-refractivity contribution is 6.03. The minimum Gasteiger partial charge on any atom is -0.299 e. The first-order valence-corrected chi connectivity index (χ1v) is 7.15. The molecule has 3 aromatic rings. The van der Waals surface area contributed by atoms with Gasteiger partial charge in [0.2, 0.25) is 0 Å². The number of aromatic nitrogens is 1. The van der Waals surface area contributed by atoms with E-state index in [0.717, 1.165) is 41.1 Å². The fraction of sp³-hybridized carbons (Fsp3) is 0.222. The van der Waals surface area contributed by atoms with Crippen LogP contribution in [0.15, 0.2) is 48.5 Å². The summed E-state index contributed by atoms with van der Waals surface area (Å²) in [7, 11) is 0. The molecule has 1 aliphatic carbocycles. The molecular weight excluding hydrogens is 246 g/mol. The van der Waals surface area contributed by atoms with Crippen LogP contribution in [0.5, 0.6) is 0 Å². The number of carbonyl (C=O) groups excluding carboxylic acids is 1. The Balaban J connectivity index is 2.14. The Bertz CT molecular complexity index is 768. The van der Waals surface area contributed by atoms with Crippen molar-refractivity contribution in [2.45, 2.75) is 25.2 Å². The summed E-state index contributed by atoms with van der Waals surface area (Å²) in [4.78, 5) is 17.0. The van der Waals surface area contributed by atoms with Crippen LogP contribution < -0.4 is 0 Å². The van der Waals surface area contributed by atoms with Crippen molar-refractivity contribution in [3.05, 3.63) is 54.1 Å². The third kappa shape index (κ3) is 1.64. The molecule has 2 nitrogen and oxygen atoms in total. The third-order valence-electron chi connectivity index (χ3n) is 4.28. The van der Waals surface area contributed by atoms with Gasteiger partial charge in [-0.3, -0.25) is 4.79 Å². The first-order chi connectivity index (χ1) is 9.84. The minimum atomic E-state index is 0.0489. The second-order valence-electron chi connectivity index (χ2n) is 5.47. The van der Waals surface area contributed by atoms with Gasteiger partial charge in [0.05, 0.1) is 11.0 Å². The van der Waals surface area contributed by atoms with Crippen LogP contribution in [0.4, 0.5) is 0 Å². The number of nitrogens with zero attached hydrogens (tertiary/aromatic N) is 1. The predicted octanol–water partition coefficient (Wildman–Crippen LogP) is 4.22. The Hall–Kier alpha value is -2.22. The van der Waals surface area contributed by atoms with E-state index in [1.807, 2.05) is 36.4 Å². The van der Waals surface area contributed by atoms with Gasteiger partial charge in [0.25, 0.3) is 0 Å². The molecule has 1 unspecified atom stereocenters. The Morgan fingerprint density at radius 3 is 2.05 bits per heavy atom. The number of rotatable bonds is 1. The zero-order chi connectivity index (χ0) is 13.5. The zero-order valence-corrected chi connectivity index (χ0v) is 11.2. The quantitative estimate of drug-likeness (QED) is 0.614. The molecule has 1 saturated carbocycles. The highest BCUT2D eigenvalue weighted by Gasteiger charge is 2.29. The molecule has 0 bridgehead atoms. The standard InChI is InChI=1S/C18H15NO/c20-17-11-5-8-14(17)18-12-6-1-3-9-15(12)19-16-10-4-2-7-13(16)18/h1-4,6-7,9-10,14H,5,8,11H2. The number of pyridine rings is 1. The van der Waals surface area contributed by atoms with E-state index < -0.39 is 0 Å². The van der Waals surface area contributed by atoms with Crippen LogP contribution in [0.25, 0.3) is 21.8 Å². The van der Waals surface area contributed by atoms with Crippen LogP contribution in [-0.4, -0.2) is 10.8 Å². The van der Waals surface area contributed by atoms with Gasteiger partial charge in [0.1, 0.15) is 5.78 Å². The predicted molar refractivity (Wildman–Crippen MR) is 80.8 cm³/mol. The summed E-state index contributed by atoms with van der Waals surface area (Å²) in [6, 6.07) is 16.3. The molecule has 1 aliphatic rings. The topological polar surface area (TPSA) is 30.0 Å². The molecule has 4 rings (SSSR count). The summed E-state index contributed by atoms with van der Waals surface area (Å²) in [5.41, 5.74) is 3.16. The lowest BCUT2D eigenvalue weighted by molar-refractivity contribution is -0.118. The molecule has 0 radical (unpaired) electrons. The maximum Gasteiger partial charge on any atom is 0.140 e. The minimum absolute atomic E-state index is 0.0489. The highest BCUT2D eigenvalue weighted by atomic mass is 16.1. The van der Waals surface area contributed by atoms with Gasteiger partial charge >= 0.3 is 0 Å². The van der Waals surface area contributed by atoms with Gasteiger partial charge in [-0.25, -0.2) is 4.98 Å². The lowest BCUT2D eigenvalue weighted by Gasteiger charge is -2.15. The summed E-state index contributed by atoms with van der Waals surface area (Å²) in [6.07, 6.45) is 2.70. The normalized spacial score (nSPS) is 19.0. The average Bonchev–Trinajstić information content (AvgIpc) is 2.90. The van der Waals surface area contributed by atoms with Gasteiger partial charge in [-0.05, 0) is 30.5 Å². The molecule has 20 heavy (non-hydrogen) atoms. The SMILES string of the molecule is O=C1CCCC1c1c2ccccc2nc2ccccc12. The second-order valence-corrected chi connectivity index (χ2v) is 5.47. The average molecular weight is 261 g/mol. The van der Waals surface area contributed by atoms with E-state index in [1.165, 1.54) is 5.56 Å². The van der Waals surface area contributed by atoms with Crippen LogP contribution >= 0.6 is 0 Å². The molecule has 2 aromatic carbocycles. The maximum atomic E-state index is 12.2. The van der Waals surface area contributed by atoms with Gasteiger partial charge in [0, 0.05) is 23.1 Å². The van der Waals surface area contributed by atoms with Gasteiger partial charge < -0.3 is 0 Å². The van der Waals surface area contributed by atoms with Crippen LogP contribution in [0, 0.1) is 0 Å². The summed E-state index contributed by atoms with van der Waals surface area (Å²) < 4.78 is 0. The van der Waals surface area contributed by atoms with Crippen molar-refractivity contribution in [2.24, 2.45) is 0 Å². The first-order valence-electron chi connectivity index (χ1n) is 7.15. The number of hydrogen-bond acceptors (Lipinski definition) is 2.